The number of carbonyl (C=O) groups excluding carboxylic acids is 1. The topological polar surface area (TPSA) is 68.5 Å². The average molecular weight is 327 g/mol. The number of carbonyl (C=O) groups is 1. The zero-order valence-corrected chi connectivity index (χ0v) is 13.2. The summed E-state index contributed by atoms with van der Waals surface area (Å²) in [5.41, 5.74) is 2.62. The molecule has 0 atom stereocenters. The van der Waals surface area contributed by atoms with Crippen LogP contribution in [0.4, 0.5) is 10.1 Å². The number of ether oxygens (including phenoxy) is 1. The van der Waals surface area contributed by atoms with Crippen LogP contribution in [0.3, 0.4) is 0 Å². The third-order valence-corrected chi connectivity index (χ3v) is 4.01. The van der Waals surface area contributed by atoms with E-state index in [1.807, 2.05) is 0 Å². The van der Waals surface area contributed by atoms with Gasteiger partial charge in [-0.3, -0.25) is 4.79 Å². The highest BCUT2D eigenvalue weighted by Crippen LogP contribution is 2.34. The molecule has 0 saturated heterocycles. The number of benzene rings is 1. The third kappa shape index (κ3) is 2.20. The molecule has 3 aromatic rings. The van der Waals surface area contributed by atoms with Crippen LogP contribution < -0.4 is 9.64 Å². The fourth-order valence-corrected chi connectivity index (χ4v) is 2.94. The molecule has 122 valence electrons. The Morgan fingerprint density at radius 2 is 2.12 bits per heavy atom. The van der Waals surface area contributed by atoms with Gasteiger partial charge >= 0.3 is 0 Å². The fraction of sp³-hybridized carbons (Fsp3) is 0.235. The first kappa shape index (κ1) is 14.6. The van der Waals surface area contributed by atoms with Gasteiger partial charge in [-0.25, -0.2) is 9.37 Å². The first-order valence-electron chi connectivity index (χ1n) is 7.52. The molecule has 24 heavy (non-hydrogen) atoms. The van der Waals surface area contributed by atoms with E-state index in [0.717, 1.165) is 0 Å². The van der Waals surface area contributed by atoms with Crippen molar-refractivity contribution in [2.24, 2.45) is 0 Å². The second-order valence-corrected chi connectivity index (χ2v) is 5.68. The number of hydrogen-bond donors (Lipinski definition) is 0. The zero-order valence-electron chi connectivity index (χ0n) is 13.2. The normalized spacial score (nSPS) is 13.7. The number of nitrogens with zero attached hydrogens (tertiary/aromatic N) is 3. The number of aryl methyl sites for hydroxylation is 2. The van der Waals surface area contributed by atoms with Crippen molar-refractivity contribution in [1.29, 1.82) is 0 Å². The molecule has 0 aliphatic carbocycles. The summed E-state index contributed by atoms with van der Waals surface area (Å²) in [5, 5.41) is 4.50. The standard InChI is InChI=1S/C17H14FN3O3/c1-9-7-12(15-10(2)20-24-16(15)19-9)17(22)21-5-6-23-14-8-11(18)3-4-13(14)21/h3-4,7-8H,5-6H2,1-2H3. The van der Waals surface area contributed by atoms with E-state index in [4.69, 9.17) is 9.26 Å². The van der Waals surface area contributed by atoms with E-state index in [1.54, 1.807) is 30.9 Å². The quantitative estimate of drug-likeness (QED) is 0.687. The summed E-state index contributed by atoms with van der Waals surface area (Å²) in [7, 11) is 0. The van der Waals surface area contributed by atoms with E-state index < -0.39 is 5.82 Å². The number of fused-ring (bicyclic) bond motifs is 2. The van der Waals surface area contributed by atoms with E-state index in [1.165, 1.54) is 12.1 Å². The largest absolute Gasteiger partial charge is 0.489 e. The van der Waals surface area contributed by atoms with Gasteiger partial charge in [0, 0.05) is 11.8 Å². The van der Waals surface area contributed by atoms with Crippen molar-refractivity contribution in [2.75, 3.05) is 18.1 Å². The van der Waals surface area contributed by atoms with Crippen molar-refractivity contribution >= 4 is 22.7 Å². The van der Waals surface area contributed by atoms with Crippen LogP contribution in [0, 0.1) is 19.7 Å². The molecule has 2 aromatic heterocycles. The second-order valence-electron chi connectivity index (χ2n) is 5.68. The number of halogens is 1. The van der Waals surface area contributed by atoms with Gasteiger partial charge in [0.2, 0.25) is 0 Å². The summed E-state index contributed by atoms with van der Waals surface area (Å²) in [4.78, 5) is 19.0. The van der Waals surface area contributed by atoms with Gasteiger partial charge in [0.1, 0.15) is 18.2 Å². The number of pyridine rings is 1. The Hall–Kier alpha value is -2.96. The minimum Gasteiger partial charge on any atom is -0.489 e. The van der Waals surface area contributed by atoms with Crippen LogP contribution in [0.2, 0.25) is 0 Å². The Kier molecular flexibility index (Phi) is 3.23. The smallest absolute Gasteiger partial charge is 0.259 e. The van der Waals surface area contributed by atoms with E-state index in [2.05, 4.69) is 10.1 Å². The van der Waals surface area contributed by atoms with Crippen LogP contribution in [-0.2, 0) is 0 Å². The summed E-state index contributed by atoms with van der Waals surface area (Å²) in [6, 6.07) is 5.86. The van der Waals surface area contributed by atoms with Crippen LogP contribution in [-0.4, -0.2) is 29.2 Å². The van der Waals surface area contributed by atoms with Crippen molar-refractivity contribution in [3.63, 3.8) is 0 Å². The Morgan fingerprint density at radius 1 is 1.29 bits per heavy atom. The number of rotatable bonds is 1. The summed E-state index contributed by atoms with van der Waals surface area (Å²) in [6.07, 6.45) is 0. The molecule has 3 heterocycles. The summed E-state index contributed by atoms with van der Waals surface area (Å²) >= 11 is 0. The van der Waals surface area contributed by atoms with Gasteiger partial charge in [0.25, 0.3) is 11.6 Å². The number of amides is 1. The Morgan fingerprint density at radius 3 is 2.96 bits per heavy atom. The van der Waals surface area contributed by atoms with Crippen LogP contribution in [0.15, 0.2) is 28.8 Å². The lowest BCUT2D eigenvalue weighted by Gasteiger charge is -2.29. The predicted molar refractivity (Wildman–Crippen MR) is 84.8 cm³/mol. The molecule has 0 fully saturated rings. The van der Waals surface area contributed by atoms with Gasteiger partial charge in [0.15, 0.2) is 0 Å². The lowest BCUT2D eigenvalue weighted by Crippen LogP contribution is -2.38. The molecule has 0 saturated carbocycles. The summed E-state index contributed by atoms with van der Waals surface area (Å²) in [6.45, 7) is 4.24. The number of anilines is 1. The molecule has 1 aromatic carbocycles. The zero-order chi connectivity index (χ0) is 16.8. The van der Waals surface area contributed by atoms with Crippen molar-refractivity contribution in [3.05, 3.63) is 47.0 Å². The van der Waals surface area contributed by atoms with Crippen molar-refractivity contribution < 1.29 is 18.4 Å². The third-order valence-electron chi connectivity index (χ3n) is 4.01. The fourth-order valence-electron chi connectivity index (χ4n) is 2.94. The molecule has 0 spiro atoms. The molecular formula is C17H14FN3O3. The van der Waals surface area contributed by atoms with Crippen LogP contribution in [0.25, 0.3) is 11.1 Å². The minimum atomic E-state index is -0.403. The van der Waals surface area contributed by atoms with Crippen molar-refractivity contribution in [2.45, 2.75) is 13.8 Å². The van der Waals surface area contributed by atoms with Gasteiger partial charge in [-0.05, 0) is 32.0 Å². The van der Waals surface area contributed by atoms with E-state index in [9.17, 15) is 9.18 Å². The maximum Gasteiger partial charge on any atom is 0.259 e. The predicted octanol–water partition coefficient (Wildman–Crippen LogP) is 3.02. The maximum atomic E-state index is 13.4. The molecule has 0 unspecified atom stereocenters. The lowest BCUT2D eigenvalue weighted by atomic mass is 10.1. The first-order valence-corrected chi connectivity index (χ1v) is 7.52. The van der Waals surface area contributed by atoms with Crippen LogP contribution in [0.1, 0.15) is 21.7 Å². The molecule has 4 rings (SSSR count). The highest BCUT2D eigenvalue weighted by molar-refractivity contribution is 6.14. The van der Waals surface area contributed by atoms with E-state index in [0.29, 0.717) is 52.6 Å². The Labute approximate surface area is 136 Å². The number of aromatic nitrogens is 2. The maximum absolute atomic E-state index is 13.4. The van der Waals surface area contributed by atoms with Crippen LogP contribution in [0.5, 0.6) is 5.75 Å². The molecule has 1 aliphatic rings. The molecule has 6 nitrogen and oxygen atoms in total. The van der Waals surface area contributed by atoms with Gasteiger partial charge in [0.05, 0.1) is 28.9 Å². The average Bonchev–Trinajstić information content (AvgIpc) is 2.93. The lowest BCUT2D eigenvalue weighted by molar-refractivity contribution is 0.0978. The summed E-state index contributed by atoms with van der Waals surface area (Å²) in [5.74, 6) is -0.258. The molecule has 0 bridgehead atoms. The minimum absolute atomic E-state index is 0.215. The van der Waals surface area contributed by atoms with E-state index in [-0.39, 0.29) is 5.91 Å². The van der Waals surface area contributed by atoms with Crippen molar-refractivity contribution in [1.82, 2.24) is 10.1 Å². The molecule has 1 aliphatic heterocycles. The Bertz CT molecular complexity index is 967. The SMILES string of the molecule is Cc1cc(C(=O)N2CCOc3cc(F)ccc32)c2c(C)noc2n1. The first-order chi connectivity index (χ1) is 11.5. The van der Waals surface area contributed by atoms with Crippen molar-refractivity contribution in [3.8, 4) is 5.75 Å². The highest BCUT2D eigenvalue weighted by Gasteiger charge is 2.28. The molecule has 0 radical (unpaired) electrons. The monoisotopic (exact) mass is 327 g/mol. The molecular weight excluding hydrogens is 313 g/mol. The van der Waals surface area contributed by atoms with Gasteiger partial charge in [-0.15, -0.1) is 0 Å². The molecule has 1 amide bonds. The van der Waals surface area contributed by atoms with Gasteiger partial charge in [-0.1, -0.05) is 5.16 Å². The van der Waals surface area contributed by atoms with E-state index >= 15 is 0 Å². The van der Waals surface area contributed by atoms with Gasteiger partial charge in [-0.2, -0.15) is 0 Å². The molecule has 7 heteroatoms. The molecule has 0 N–H and O–H groups in total. The van der Waals surface area contributed by atoms with Crippen LogP contribution >= 0.6 is 0 Å². The second kappa shape index (κ2) is 5.30. The van der Waals surface area contributed by atoms with Gasteiger partial charge < -0.3 is 14.2 Å². The Balaban J connectivity index is 1.85. The number of hydrogen-bond acceptors (Lipinski definition) is 5. The highest BCUT2D eigenvalue weighted by atomic mass is 19.1. The summed E-state index contributed by atoms with van der Waals surface area (Å²) < 4.78 is 24.1.